The van der Waals surface area contributed by atoms with E-state index in [-0.39, 0.29) is 13.2 Å². The number of hydrogen-bond acceptors (Lipinski definition) is 4. The first-order valence-electron chi connectivity index (χ1n) is 5.39. The van der Waals surface area contributed by atoms with Gasteiger partial charge in [-0.2, -0.15) is 0 Å². The lowest BCUT2D eigenvalue weighted by Gasteiger charge is -2.11. The number of fused-ring (bicyclic) bond motifs is 1. The Morgan fingerprint density at radius 3 is 3.06 bits per heavy atom. The smallest absolute Gasteiger partial charge is 0.192 e. The van der Waals surface area contributed by atoms with Crippen LogP contribution < -0.4 is 4.74 Å². The molecular formula is C12H14FNO3. The summed E-state index contributed by atoms with van der Waals surface area (Å²) in [6.07, 6.45) is 0. The van der Waals surface area contributed by atoms with Crippen LogP contribution in [0.4, 0.5) is 4.39 Å². The van der Waals surface area contributed by atoms with E-state index in [1.807, 2.05) is 0 Å². The van der Waals surface area contributed by atoms with E-state index in [1.54, 1.807) is 25.1 Å². The van der Waals surface area contributed by atoms with Crippen LogP contribution in [-0.2, 0) is 0 Å². The summed E-state index contributed by atoms with van der Waals surface area (Å²) in [4.78, 5) is 4.16. The molecule has 2 rings (SSSR count). The van der Waals surface area contributed by atoms with Gasteiger partial charge < -0.3 is 14.3 Å². The van der Waals surface area contributed by atoms with E-state index in [2.05, 4.69) is 4.98 Å². The van der Waals surface area contributed by atoms with Crippen LogP contribution in [0.3, 0.4) is 0 Å². The van der Waals surface area contributed by atoms with Gasteiger partial charge >= 0.3 is 0 Å². The van der Waals surface area contributed by atoms with Crippen LogP contribution in [0.25, 0.3) is 11.1 Å². The van der Waals surface area contributed by atoms with E-state index in [4.69, 9.17) is 14.3 Å². The van der Waals surface area contributed by atoms with Crippen molar-refractivity contribution in [2.75, 3.05) is 19.9 Å². The maximum absolute atomic E-state index is 12.3. The summed E-state index contributed by atoms with van der Waals surface area (Å²) in [5, 5.41) is 8.83. The van der Waals surface area contributed by atoms with Crippen molar-refractivity contribution in [1.82, 2.24) is 4.98 Å². The molecule has 0 bridgehead atoms. The van der Waals surface area contributed by atoms with Crippen LogP contribution in [0.2, 0.25) is 0 Å². The van der Waals surface area contributed by atoms with Crippen LogP contribution in [-0.4, -0.2) is 30.0 Å². The Bertz CT molecular complexity index is 493. The highest BCUT2D eigenvalue weighted by molar-refractivity contribution is 5.74. The first-order chi connectivity index (χ1) is 8.22. The molecule has 5 heteroatoms. The number of alkyl halides is 1. The van der Waals surface area contributed by atoms with Crippen molar-refractivity contribution in [3.63, 3.8) is 0 Å². The molecule has 1 unspecified atom stereocenters. The SMILES string of the molecule is Cc1nc2ccc(OCC(CO)CF)cc2o1. The van der Waals surface area contributed by atoms with Gasteiger partial charge in [0.25, 0.3) is 0 Å². The molecule has 0 amide bonds. The average Bonchev–Trinajstić information content (AvgIpc) is 2.69. The fourth-order valence-corrected chi connectivity index (χ4v) is 1.47. The number of aliphatic hydroxyl groups is 1. The Morgan fingerprint density at radius 2 is 2.35 bits per heavy atom. The summed E-state index contributed by atoms with van der Waals surface area (Å²) in [6, 6.07) is 5.24. The van der Waals surface area contributed by atoms with Crippen molar-refractivity contribution in [1.29, 1.82) is 0 Å². The molecule has 1 aromatic heterocycles. The van der Waals surface area contributed by atoms with Crippen LogP contribution in [0.5, 0.6) is 5.75 Å². The Hall–Kier alpha value is -1.62. The van der Waals surface area contributed by atoms with Gasteiger partial charge in [0.1, 0.15) is 11.3 Å². The van der Waals surface area contributed by atoms with Crippen LogP contribution in [0.1, 0.15) is 5.89 Å². The third-order valence-corrected chi connectivity index (χ3v) is 2.43. The largest absolute Gasteiger partial charge is 0.493 e. The van der Waals surface area contributed by atoms with Crippen LogP contribution >= 0.6 is 0 Å². The third kappa shape index (κ3) is 2.74. The van der Waals surface area contributed by atoms with Crippen molar-refractivity contribution in [3.8, 4) is 5.75 Å². The number of hydrogen-bond donors (Lipinski definition) is 1. The highest BCUT2D eigenvalue weighted by atomic mass is 19.1. The Balaban J connectivity index is 2.08. The molecule has 1 atom stereocenters. The zero-order chi connectivity index (χ0) is 12.3. The highest BCUT2D eigenvalue weighted by Gasteiger charge is 2.09. The van der Waals surface area contributed by atoms with Gasteiger partial charge in [0.05, 0.1) is 19.9 Å². The van der Waals surface area contributed by atoms with E-state index in [0.29, 0.717) is 17.2 Å². The number of halogens is 1. The van der Waals surface area contributed by atoms with Gasteiger partial charge in [-0.25, -0.2) is 4.98 Å². The molecule has 1 aromatic carbocycles. The van der Waals surface area contributed by atoms with Crippen molar-refractivity contribution in [2.45, 2.75) is 6.92 Å². The highest BCUT2D eigenvalue weighted by Crippen LogP contribution is 2.21. The summed E-state index contributed by atoms with van der Waals surface area (Å²) in [5.41, 5.74) is 1.40. The molecule has 4 nitrogen and oxygen atoms in total. The zero-order valence-electron chi connectivity index (χ0n) is 9.52. The number of nitrogens with zero attached hydrogens (tertiary/aromatic N) is 1. The molecule has 0 spiro atoms. The topological polar surface area (TPSA) is 55.5 Å². The van der Waals surface area contributed by atoms with Gasteiger partial charge in [-0.15, -0.1) is 0 Å². The van der Waals surface area contributed by atoms with E-state index in [9.17, 15) is 4.39 Å². The van der Waals surface area contributed by atoms with Gasteiger partial charge in [-0.1, -0.05) is 0 Å². The number of benzene rings is 1. The molecule has 0 fully saturated rings. The second-order valence-corrected chi connectivity index (χ2v) is 3.88. The average molecular weight is 239 g/mol. The lowest BCUT2D eigenvalue weighted by atomic mass is 10.2. The normalized spacial score (nSPS) is 12.9. The quantitative estimate of drug-likeness (QED) is 0.868. The fraction of sp³-hybridized carbons (Fsp3) is 0.417. The van der Waals surface area contributed by atoms with Gasteiger partial charge in [-0.05, 0) is 12.1 Å². The summed E-state index contributed by atoms with van der Waals surface area (Å²) in [7, 11) is 0. The molecule has 0 aliphatic carbocycles. The van der Waals surface area contributed by atoms with Gasteiger partial charge in [-0.3, -0.25) is 4.39 Å². The standard InChI is InChI=1S/C12H14FNO3/c1-8-14-11-3-2-10(4-12(11)17-8)16-7-9(5-13)6-15/h2-4,9,15H,5-7H2,1H3. The van der Waals surface area contributed by atoms with E-state index >= 15 is 0 Å². The molecule has 1 N–H and O–H groups in total. The zero-order valence-corrected chi connectivity index (χ0v) is 9.52. The predicted octanol–water partition coefficient (Wildman–Crippen LogP) is 2.09. The molecule has 1 heterocycles. The minimum Gasteiger partial charge on any atom is -0.493 e. The monoisotopic (exact) mass is 239 g/mol. The molecule has 92 valence electrons. The number of aromatic nitrogens is 1. The number of rotatable bonds is 5. The second kappa shape index (κ2) is 5.14. The third-order valence-electron chi connectivity index (χ3n) is 2.43. The summed E-state index contributed by atoms with van der Waals surface area (Å²) >= 11 is 0. The lowest BCUT2D eigenvalue weighted by Crippen LogP contribution is -2.17. The van der Waals surface area contributed by atoms with Gasteiger partial charge in [0.2, 0.25) is 0 Å². The minimum absolute atomic E-state index is 0.144. The lowest BCUT2D eigenvalue weighted by molar-refractivity contribution is 0.140. The fourth-order valence-electron chi connectivity index (χ4n) is 1.47. The molecule has 2 aromatic rings. The second-order valence-electron chi connectivity index (χ2n) is 3.88. The number of aliphatic hydroxyl groups excluding tert-OH is 1. The minimum atomic E-state index is -0.597. The number of ether oxygens (including phenoxy) is 1. The summed E-state index contributed by atoms with van der Waals surface area (Å²) in [6.45, 7) is 1.09. The number of oxazole rings is 1. The first-order valence-corrected chi connectivity index (χ1v) is 5.39. The molecule has 0 aliphatic rings. The van der Waals surface area contributed by atoms with Crippen molar-refractivity contribution in [2.24, 2.45) is 5.92 Å². The van der Waals surface area contributed by atoms with Crippen LogP contribution in [0, 0.1) is 12.8 Å². The molecule has 0 saturated carbocycles. The van der Waals surface area contributed by atoms with Crippen LogP contribution in [0.15, 0.2) is 22.6 Å². The summed E-state index contributed by atoms with van der Waals surface area (Å²) < 4.78 is 23.1. The molecule has 0 saturated heterocycles. The van der Waals surface area contributed by atoms with Crippen molar-refractivity contribution < 1.29 is 18.7 Å². The van der Waals surface area contributed by atoms with E-state index in [0.717, 1.165) is 5.52 Å². The maximum atomic E-state index is 12.3. The predicted molar refractivity (Wildman–Crippen MR) is 60.8 cm³/mol. The molecule has 0 radical (unpaired) electrons. The Labute approximate surface area is 98.0 Å². The molecule has 0 aliphatic heterocycles. The number of aryl methyl sites for hydroxylation is 1. The summed E-state index contributed by atoms with van der Waals surface area (Å²) in [5.74, 6) is 0.692. The maximum Gasteiger partial charge on any atom is 0.192 e. The molecule has 17 heavy (non-hydrogen) atoms. The van der Waals surface area contributed by atoms with Crippen molar-refractivity contribution >= 4 is 11.1 Å². The Morgan fingerprint density at radius 1 is 1.53 bits per heavy atom. The van der Waals surface area contributed by atoms with E-state index in [1.165, 1.54) is 0 Å². The first kappa shape index (κ1) is 11.9. The van der Waals surface area contributed by atoms with Crippen molar-refractivity contribution in [3.05, 3.63) is 24.1 Å². The molecular weight excluding hydrogens is 225 g/mol. The van der Waals surface area contributed by atoms with Gasteiger partial charge in [0, 0.05) is 18.9 Å². The van der Waals surface area contributed by atoms with E-state index < -0.39 is 12.6 Å². The Kier molecular flexibility index (Phi) is 3.58. The van der Waals surface area contributed by atoms with Gasteiger partial charge in [0.15, 0.2) is 11.5 Å².